The van der Waals surface area contributed by atoms with Crippen molar-refractivity contribution in [2.24, 2.45) is 0 Å². The molecule has 3 aromatic carbocycles. The number of amides is 1. The second-order valence-corrected chi connectivity index (χ2v) is 9.85. The Balaban J connectivity index is 1.90. The number of para-hydroxylation sites is 1. The van der Waals surface area contributed by atoms with Gasteiger partial charge in [-0.1, -0.05) is 34.1 Å². The van der Waals surface area contributed by atoms with Crippen molar-refractivity contribution in [3.05, 3.63) is 102 Å². The molecule has 1 heterocycles. The zero-order valence-corrected chi connectivity index (χ0v) is 23.1. The molecule has 0 bridgehead atoms. The summed E-state index contributed by atoms with van der Waals surface area (Å²) in [6.45, 7) is 4.76. The van der Waals surface area contributed by atoms with E-state index in [1.165, 1.54) is 4.57 Å². The zero-order valence-electron chi connectivity index (χ0n) is 20.7. The highest BCUT2D eigenvalue weighted by molar-refractivity contribution is 9.10. The van der Waals surface area contributed by atoms with Crippen molar-refractivity contribution in [2.45, 2.75) is 13.8 Å². The number of carbonyl (C=O) groups excluding carboxylic acids is 1. The molecule has 1 amide bonds. The van der Waals surface area contributed by atoms with Crippen molar-refractivity contribution >= 4 is 50.5 Å². The fourth-order valence-corrected chi connectivity index (χ4v) is 5.18. The lowest BCUT2D eigenvalue weighted by Crippen LogP contribution is -2.32. The van der Waals surface area contributed by atoms with Crippen molar-refractivity contribution in [3.8, 4) is 23.3 Å². The third kappa shape index (κ3) is 6.05. The van der Waals surface area contributed by atoms with Crippen LogP contribution in [0.15, 0.2) is 82.1 Å². The predicted molar refractivity (Wildman–Crippen MR) is 153 cm³/mol. The first kappa shape index (κ1) is 26.9. The second-order valence-electron chi connectivity index (χ2n) is 7.91. The Labute approximate surface area is 232 Å². The molecule has 0 radical (unpaired) electrons. The van der Waals surface area contributed by atoms with E-state index in [-0.39, 0.29) is 15.8 Å². The normalized spacial score (nSPS) is 12.0. The number of hydrogen-bond acceptors (Lipinski definition) is 6. The van der Waals surface area contributed by atoms with E-state index in [9.17, 15) is 14.9 Å². The zero-order chi connectivity index (χ0) is 27.1. The van der Waals surface area contributed by atoms with Crippen LogP contribution in [0, 0.1) is 11.3 Å². The molecule has 0 aliphatic heterocycles. The van der Waals surface area contributed by atoms with E-state index in [1.807, 2.05) is 44.2 Å². The van der Waals surface area contributed by atoms with E-state index in [0.717, 1.165) is 15.8 Å². The van der Waals surface area contributed by atoms with Gasteiger partial charge in [0, 0.05) is 15.7 Å². The molecule has 38 heavy (non-hydrogen) atoms. The molecular formula is C29H24BrN3O4S. The molecule has 0 unspecified atom stereocenters. The minimum Gasteiger partial charge on any atom is -0.494 e. The first-order chi connectivity index (χ1) is 18.4. The largest absolute Gasteiger partial charge is 0.494 e. The summed E-state index contributed by atoms with van der Waals surface area (Å²) in [6, 6.07) is 23.3. The summed E-state index contributed by atoms with van der Waals surface area (Å²) in [5, 5.41) is 12.8. The van der Waals surface area contributed by atoms with Crippen LogP contribution in [0.25, 0.3) is 17.3 Å². The first-order valence-electron chi connectivity index (χ1n) is 11.8. The van der Waals surface area contributed by atoms with Gasteiger partial charge in [-0.15, -0.1) is 11.3 Å². The van der Waals surface area contributed by atoms with Gasteiger partial charge in [0.25, 0.3) is 11.5 Å². The number of rotatable bonds is 8. The van der Waals surface area contributed by atoms with Crippen molar-refractivity contribution in [1.29, 1.82) is 5.26 Å². The molecule has 0 saturated carbocycles. The number of nitriles is 1. The number of nitrogens with one attached hydrogen (secondary N) is 1. The summed E-state index contributed by atoms with van der Waals surface area (Å²) in [4.78, 5) is 26.9. The van der Waals surface area contributed by atoms with Crippen molar-refractivity contribution in [2.75, 3.05) is 18.5 Å². The number of ether oxygens (including phenoxy) is 2. The summed E-state index contributed by atoms with van der Waals surface area (Å²) in [6.07, 6.45) is 1.71. The lowest BCUT2D eigenvalue weighted by Gasteiger charge is -2.07. The molecule has 0 aliphatic carbocycles. The third-order valence-electron chi connectivity index (χ3n) is 5.37. The summed E-state index contributed by atoms with van der Waals surface area (Å²) in [5.74, 6) is 0.672. The van der Waals surface area contributed by atoms with Crippen LogP contribution in [-0.2, 0) is 4.79 Å². The van der Waals surface area contributed by atoms with Gasteiger partial charge in [-0.25, -0.2) is 0 Å². The van der Waals surface area contributed by atoms with Crippen LogP contribution in [-0.4, -0.2) is 23.7 Å². The molecule has 0 atom stereocenters. The topological polar surface area (TPSA) is 93.3 Å². The van der Waals surface area contributed by atoms with Gasteiger partial charge in [0.05, 0.1) is 23.4 Å². The Hall–Kier alpha value is -4.13. The number of thiazole rings is 1. The molecule has 1 N–H and O–H groups in total. The van der Waals surface area contributed by atoms with Crippen molar-refractivity contribution in [1.82, 2.24) is 4.57 Å². The summed E-state index contributed by atoms with van der Waals surface area (Å²) >= 11 is 4.54. The van der Waals surface area contributed by atoms with Crippen molar-refractivity contribution < 1.29 is 14.3 Å². The maximum atomic E-state index is 13.7. The Morgan fingerprint density at radius 2 is 1.76 bits per heavy atom. The van der Waals surface area contributed by atoms with E-state index in [1.54, 1.807) is 54.6 Å². The van der Waals surface area contributed by atoms with Gasteiger partial charge >= 0.3 is 0 Å². The second kappa shape index (κ2) is 12.4. The van der Waals surface area contributed by atoms with Crippen LogP contribution in [0.2, 0.25) is 0 Å². The molecule has 0 fully saturated rings. The van der Waals surface area contributed by atoms with Crippen LogP contribution >= 0.6 is 27.3 Å². The number of carbonyl (C=O) groups is 1. The van der Waals surface area contributed by atoms with E-state index < -0.39 is 5.91 Å². The number of anilines is 1. The Morgan fingerprint density at radius 3 is 2.42 bits per heavy atom. The van der Waals surface area contributed by atoms with Gasteiger partial charge in [0.1, 0.15) is 22.2 Å². The molecule has 7 nitrogen and oxygen atoms in total. The average Bonchev–Trinajstić information content (AvgIpc) is 3.23. The molecule has 9 heteroatoms. The summed E-state index contributed by atoms with van der Waals surface area (Å²) in [7, 11) is 0. The van der Waals surface area contributed by atoms with Gasteiger partial charge in [-0.3, -0.25) is 14.2 Å². The molecular weight excluding hydrogens is 566 g/mol. The SMILES string of the molecule is CCOc1ccc(NC(=O)/C(C#N)=c2/s/c(=C/c3cc(Br)ccc3OCC)c(=O)n2-c2ccccc2)cc1. The van der Waals surface area contributed by atoms with Gasteiger partial charge in [0.15, 0.2) is 5.57 Å². The van der Waals surface area contributed by atoms with Crippen LogP contribution in [0.5, 0.6) is 11.5 Å². The predicted octanol–water partition coefficient (Wildman–Crippen LogP) is 4.60. The van der Waals surface area contributed by atoms with Crippen LogP contribution in [0.1, 0.15) is 19.4 Å². The molecule has 0 spiro atoms. The van der Waals surface area contributed by atoms with E-state index in [0.29, 0.717) is 46.2 Å². The number of halogens is 1. The smallest absolute Gasteiger partial charge is 0.273 e. The van der Waals surface area contributed by atoms with E-state index in [2.05, 4.69) is 21.2 Å². The fourth-order valence-electron chi connectivity index (χ4n) is 3.71. The van der Waals surface area contributed by atoms with E-state index in [4.69, 9.17) is 9.47 Å². The highest BCUT2D eigenvalue weighted by atomic mass is 79.9. The van der Waals surface area contributed by atoms with Crippen LogP contribution < -0.4 is 29.5 Å². The number of aromatic nitrogens is 1. The molecule has 192 valence electrons. The monoisotopic (exact) mass is 589 g/mol. The fraction of sp³-hybridized carbons (Fsp3) is 0.138. The minimum atomic E-state index is -0.619. The lowest BCUT2D eigenvalue weighted by atomic mass is 10.2. The number of nitrogens with zero attached hydrogens (tertiary/aromatic N) is 2. The van der Waals surface area contributed by atoms with Gasteiger partial charge in [-0.05, 0) is 74.5 Å². The number of benzene rings is 3. The highest BCUT2D eigenvalue weighted by Gasteiger charge is 2.18. The maximum Gasteiger partial charge on any atom is 0.273 e. The van der Waals surface area contributed by atoms with E-state index >= 15 is 0 Å². The minimum absolute atomic E-state index is 0.177. The van der Waals surface area contributed by atoms with Gasteiger partial charge in [0.2, 0.25) is 0 Å². The van der Waals surface area contributed by atoms with Crippen LogP contribution in [0.3, 0.4) is 0 Å². The summed E-state index contributed by atoms with van der Waals surface area (Å²) in [5.41, 5.74) is 1.22. The molecule has 0 saturated heterocycles. The number of hydrogen-bond donors (Lipinski definition) is 1. The Morgan fingerprint density at radius 1 is 1.05 bits per heavy atom. The molecule has 1 aromatic heterocycles. The average molecular weight is 590 g/mol. The first-order valence-corrected chi connectivity index (χ1v) is 13.5. The molecule has 0 aliphatic rings. The van der Waals surface area contributed by atoms with Gasteiger partial charge in [-0.2, -0.15) is 5.26 Å². The third-order valence-corrected chi connectivity index (χ3v) is 6.96. The molecule has 4 rings (SSSR count). The van der Waals surface area contributed by atoms with Gasteiger partial charge < -0.3 is 14.8 Å². The lowest BCUT2D eigenvalue weighted by molar-refractivity contribution is -0.111. The molecule has 4 aromatic rings. The maximum absolute atomic E-state index is 13.7. The highest BCUT2D eigenvalue weighted by Crippen LogP contribution is 2.24. The Bertz CT molecular complexity index is 1670. The standard InChI is InChI=1S/C29H24BrN3O4S/c1-3-36-23-13-11-21(12-14-23)32-27(34)24(18-31)29-33(22-8-6-5-7-9-22)28(35)26(38-29)17-19-16-20(30)10-15-25(19)37-4-2/h5-17H,3-4H2,1-2H3,(H,32,34)/b26-17+,29-24+. The quantitative estimate of drug-likeness (QED) is 0.324. The summed E-state index contributed by atoms with van der Waals surface area (Å²) < 4.78 is 14.0. The van der Waals surface area contributed by atoms with Crippen LogP contribution in [0.4, 0.5) is 5.69 Å². The Kier molecular flexibility index (Phi) is 8.79. The van der Waals surface area contributed by atoms with Crippen molar-refractivity contribution in [3.63, 3.8) is 0 Å².